The van der Waals surface area contributed by atoms with Gasteiger partial charge in [-0.2, -0.15) is 0 Å². The van der Waals surface area contributed by atoms with Crippen LogP contribution in [0.1, 0.15) is 20.3 Å². The summed E-state index contributed by atoms with van der Waals surface area (Å²) in [5, 5.41) is 2.56. The van der Waals surface area contributed by atoms with E-state index in [0.29, 0.717) is 32.3 Å². The number of nitrogens with one attached hydrogen (secondary N) is 1. The number of hydrogen-bond acceptors (Lipinski definition) is 4. The van der Waals surface area contributed by atoms with Gasteiger partial charge in [0.1, 0.15) is 0 Å². The van der Waals surface area contributed by atoms with Crippen LogP contribution < -0.4 is 5.32 Å². The fourth-order valence-corrected chi connectivity index (χ4v) is 1.66. The predicted molar refractivity (Wildman–Crippen MR) is 55.3 cm³/mol. The molecule has 1 unspecified atom stereocenters. The number of ether oxygens (including phenoxy) is 1. The molecule has 0 aliphatic heterocycles. The van der Waals surface area contributed by atoms with Gasteiger partial charge in [-0.15, -0.1) is 0 Å². The Morgan fingerprint density at radius 1 is 1.43 bits per heavy atom. The lowest BCUT2D eigenvalue weighted by Gasteiger charge is -2.09. The highest BCUT2D eigenvalue weighted by atomic mass is 31.2. The summed E-state index contributed by atoms with van der Waals surface area (Å²) in [5.41, 5.74) is 0. The minimum atomic E-state index is -1.31. The molecule has 14 heavy (non-hydrogen) atoms. The first-order valence-electron chi connectivity index (χ1n) is 4.70. The van der Waals surface area contributed by atoms with E-state index in [1.165, 1.54) is 0 Å². The minimum absolute atomic E-state index is 0.373. The maximum Gasteiger partial charge on any atom is 0.407 e. The van der Waals surface area contributed by atoms with E-state index in [2.05, 4.69) is 10.1 Å². The third-order valence-corrected chi connectivity index (χ3v) is 2.60. The molecule has 0 aliphatic rings. The van der Waals surface area contributed by atoms with Crippen LogP contribution in [0.15, 0.2) is 0 Å². The summed E-state index contributed by atoms with van der Waals surface area (Å²) in [6, 6.07) is 0. The Labute approximate surface area is 85.7 Å². The van der Waals surface area contributed by atoms with Crippen molar-refractivity contribution in [3.63, 3.8) is 0 Å². The average molecular weight is 223 g/mol. The van der Waals surface area contributed by atoms with Gasteiger partial charge in [-0.1, -0.05) is 0 Å². The quantitative estimate of drug-likeness (QED) is 0.506. The van der Waals surface area contributed by atoms with Crippen LogP contribution in [0.5, 0.6) is 0 Å². The lowest BCUT2D eigenvalue weighted by molar-refractivity contribution is 0.152. The maximum absolute atomic E-state index is 10.8. The van der Waals surface area contributed by atoms with E-state index in [0.717, 1.165) is 0 Å². The van der Waals surface area contributed by atoms with Gasteiger partial charge >= 0.3 is 6.09 Å². The average Bonchev–Trinajstić information content (AvgIpc) is 2.13. The third-order valence-electron chi connectivity index (χ3n) is 1.35. The molecule has 5 nitrogen and oxygen atoms in total. The summed E-state index contributed by atoms with van der Waals surface area (Å²) in [4.78, 5) is 20.0. The summed E-state index contributed by atoms with van der Waals surface area (Å²) in [7, 11) is -1.31. The van der Waals surface area contributed by atoms with Crippen LogP contribution in [-0.2, 0) is 9.26 Å². The highest BCUT2D eigenvalue weighted by Gasteiger charge is 2.04. The zero-order valence-corrected chi connectivity index (χ0v) is 9.55. The van der Waals surface area contributed by atoms with Crippen molar-refractivity contribution in [2.45, 2.75) is 20.3 Å². The number of carbonyl (C=O) groups is 1. The Bertz CT molecular complexity index is 156. The molecule has 0 aliphatic carbocycles. The first kappa shape index (κ1) is 13.6. The number of amides is 1. The maximum atomic E-state index is 10.8. The molecule has 0 aromatic rings. The third kappa shape index (κ3) is 8.23. The Morgan fingerprint density at radius 2 is 2.14 bits per heavy atom. The Balaban J connectivity index is 3.24. The Morgan fingerprint density at radius 3 is 2.71 bits per heavy atom. The van der Waals surface area contributed by atoms with E-state index in [1.54, 1.807) is 6.92 Å². The zero-order chi connectivity index (χ0) is 10.8. The van der Waals surface area contributed by atoms with Crippen LogP contribution >= 0.6 is 8.38 Å². The minimum Gasteiger partial charge on any atom is -0.450 e. The molecule has 0 heterocycles. The molecule has 6 heteroatoms. The molecule has 0 spiro atoms. The molecule has 0 saturated carbocycles. The lowest BCUT2D eigenvalue weighted by Crippen LogP contribution is -2.25. The van der Waals surface area contributed by atoms with Gasteiger partial charge in [0.25, 0.3) is 0 Å². The van der Waals surface area contributed by atoms with Gasteiger partial charge in [-0.05, 0) is 20.3 Å². The molecule has 0 radical (unpaired) electrons. The smallest absolute Gasteiger partial charge is 0.407 e. The van der Waals surface area contributed by atoms with Crippen LogP contribution in [0.4, 0.5) is 4.79 Å². The second kappa shape index (κ2) is 9.19. The van der Waals surface area contributed by atoms with Gasteiger partial charge in [-0.25, -0.2) is 4.79 Å². The van der Waals surface area contributed by atoms with Crippen molar-refractivity contribution >= 4 is 14.5 Å². The molecule has 2 N–H and O–H groups in total. The van der Waals surface area contributed by atoms with Gasteiger partial charge in [-0.3, -0.25) is 0 Å². The van der Waals surface area contributed by atoms with Crippen molar-refractivity contribution in [1.29, 1.82) is 0 Å². The molecular weight excluding hydrogens is 205 g/mol. The van der Waals surface area contributed by atoms with Crippen molar-refractivity contribution in [2.75, 3.05) is 25.9 Å². The Kier molecular flexibility index (Phi) is 8.94. The summed E-state index contributed by atoms with van der Waals surface area (Å²) in [6.07, 6.45) is 0.863. The second-order valence-electron chi connectivity index (χ2n) is 2.49. The van der Waals surface area contributed by atoms with E-state index in [-0.39, 0.29) is 0 Å². The molecule has 84 valence electrons. The number of rotatable bonds is 7. The van der Waals surface area contributed by atoms with Crippen LogP contribution in [-0.4, -0.2) is 36.9 Å². The number of alkyl carbamates (subject to hydrolysis) is 1. The molecule has 0 aromatic heterocycles. The highest BCUT2D eigenvalue weighted by molar-refractivity contribution is 7.46. The Hall–Kier alpha value is -0.380. The molecule has 0 fully saturated rings. The fourth-order valence-electron chi connectivity index (χ4n) is 0.800. The molecule has 0 bridgehead atoms. The van der Waals surface area contributed by atoms with E-state index in [1.807, 2.05) is 6.92 Å². The highest BCUT2D eigenvalue weighted by Crippen LogP contribution is 2.31. The van der Waals surface area contributed by atoms with E-state index in [4.69, 9.17) is 4.52 Å². The van der Waals surface area contributed by atoms with E-state index >= 15 is 0 Å². The van der Waals surface area contributed by atoms with Gasteiger partial charge < -0.3 is 19.5 Å². The summed E-state index contributed by atoms with van der Waals surface area (Å²) in [5.74, 6) is 0. The van der Waals surface area contributed by atoms with E-state index in [9.17, 15) is 9.69 Å². The largest absolute Gasteiger partial charge is 0.450 e. The molecule has 0 saturated heterocycles. The fraction of sp³-hybridized carbons (Fsp3) is 0.875. The van der Waals surface area contributed by atoms with Crippen LogP contribution in [0.2, 0.25) is 0 Å². The normalized spacial score (nSPS) is 12.2. The van der Waals surface area contributed by atoms with Gasteiger partial charge in [0.15, 0.2) is 8.38 Å². The van der Waals surface area contributed by atoms with Crippen molar-refractivity contribution in [3.05, 3.63) is 0 Å². The zero-order valence-electron chi connectivity index (χ0n) is 8.65. The molecule has 1 atom stereocenters. The van der Waals surface area contributed by atoms with E-state index < -0.39 is 14.5 Å². The molecular formula is C8H18NO4P. The summed E-state index contributed by atoms with van der Waals surface area (Å²) < 4.78 is 9.63. The number of carbonyl (C=O) groups excluding carboxylic acids is 1. The second-order valence-corrected chi connectivity index (χ2v) is 3.90. The standard InChI is InChI=1S/C8H18NO4P/c1-3-12-8(10)9-6-5-7-14(11)13-4-2/h11H,3-7H2,1-2H3,(H,9,10). The van der Waals surface area contributed by atoms with Crippen molar-refractivity contribution in [1.82, 2.24) is 5.32 Å². The van der Waals surface area contributed by atoms with Crippen molar-refractivity contribution in [2.24, 2.45) is 0 Å². The van der Waals surface area contributed by atoms with Gasteiger partial charge in [0.05, 0.1) is 13.2 Å². The van der Waals surface area contributed by atoms with Gasteiger partial charge in [0, 0.05) is 12.7 Å². The lowest BCUT2D eigenvalue weighted by atomic mass is 10.5. The summed E-state index contributed by atoms with van der Waals surface area (Å²) in [6.45, 7) is 4.99. The summed E-state index contributed by atoms with van der Waals surface area (Å²) >= 11 is 0. The molecule has 0 aromatic carbocycles. The molecule has 0 rings (SSSR count). The van der Waals surface area contributed by atoms with Crippen molar-refractivity contribution < 1.29 is 18.9 Å². The first-order chi connectivity index (χ1) is 6.70. The predicted octanol–water partition coefficient (Wildman–Crippen LogP) is 1.46. The SMILES string of the molecule is CCOC(=O)NCCCP(O)OCC. The monoisotopic (exact) mass is 223 g/mol. The molecule has 1 amide bonds. The number of hydrogen-bond donors (Lipinski definition) is 2. The van der Waals surface area contributed by atoms with Crippen LogP contribution in [0.25, 0.3) is 0 Å². The van der Waals surface area contributed by atoms with Crippen LogP contribution in [0.3, 0.4) is 0 Å². The topological polar surface area (TPSA) is 67.8 Å². The van der Waals surface area contributed by atoms with Crippen LogP contribution in [0, 0.1) is 0 Å². The van der Waals surface area contributed by atoms with Crippen molar-refractivity contribution in [3.8, 4) is 0 Å². The first-order valence-corrected chi connectivity index (χ1v) is 6.10. The van der Waals surface area contributed by atoms with Gasteiger partial charge in [0.2, 0.25) is 0 Å².